The van der Waals surface area contributed by atoms with Gasteiger partial charge in [-0.1, -0.05) is 0 Å². The molecule has 0 aromatic carbocycles. The normalized spacial score (nSPS) is 10.8. The van der Waals surface area contributed by atoms with E-state index in [1.54, 1.807) is 18.4 Å². The molecule has 17 heavy (non-hydrogen) atoms. The number of nitrogens with zero attached hydrogens (tertiary/aromatic N) is 1. The van der Waals surface area contributed by atoms with Crippen molar-refractivity contribution in [3.8, 4) is 11.4 Å². The zero-order valence-electron chi connectivity index (χ0n) is 10.0. The van der Waals surface area contributed by atoms with E-state index in [0.29, 0.717) is 18.1 Å². The Morgan fingerprint density at radius 2 is 2.18 bits per heavy atom. The number of hydrogen-bond acceptors (Lipinski definition) is 4. The fraction of sp³-hybridized carbons (Fsp3) is 0.333. The zero-order valence-corrected chi connectivity index (χ0v) is 10.9. The third-order valence-electron chi connectivity index (χ3n) is 2.38. The first kappa shape index (κ1) is 12.0. The summed E-state index contributed by atoms with van der Waals surface area (Å²) in [5.74, 6) is 0.617. The monoisotopic (exact) mass is 250 g/mol. The van der Waals surface area contributed by atoms with Crippen molar-refractivity contribution in [1.29, 1.82) is 0 Å². The molecule has 2 aromatic heterocycles. The van der Waals surface area contributed by atoms with Gasteiger partial charge < -0.3 is 9.72 Å². The number of aryl methyl sites for hydroxylation is 2. The van der Waals surface area contributed by atoms with Gasteiger partial charge in [0.05, 0.1) is 12.3 Å². The summed E-state index contributed by atoms with van der Waals surface area (Å²) in [6.07, 6.45) is 0. The number of H-pyrrole nitrogens is 1. The van der Waals surface area contributed by atoms with E-state index in [4.69, 9.17) is 4.74 Å². The van der Waals surface area contributed by atoms with Crippen molar-refractivity contribution in [3.05, 3.63) is 37.9 Å². The van der Waals surface area contributed by atoms with Crippen molar-refractivity contribution in [1.82, 2.24) is 9.97 Å². The number of nitrogens with one attached hydrogen (secondary N) is 1. The largest absolute Gasteiger partial charge is 0.378 e. The van der Waals surface area contributed by atoms with E-state index in [9.17, 15) is 4.79 Å². The summed E-state index contributed by atoms with van der Waals surface area (Å²) in [6.45, 7) is 4.41. The SMILES string of the molecule is COCc1cc(=O)[nH]c(-c2cc(C)sc2C)n1. The lowest BCUT2D eigenvalue weighted by atomic mass is 10.2. The Morgan fingerprint density at radius 1 is 1.41 bits per heavy atom. The Balaban J connectivity index is 2.51. The van der Waals surface area contributed by atoms with E-state index < -0.39 is 0 Å². The zero-order chi connectivity index (χ0) is 12.4. The van der Waals surface area contributed by atoms with Gasteiger partial charge >= 0.3 is 0 Å². The molecule has 0 spiro atoms. The molecule has 0 unspecified atom stereocenters. The summed E-state index contributed by atoms with van der Waals surface area (Å²) in [4.78, 5) is 21.0. The van der Waals surface area contributed by atoms with Crippen LogP contribution in [0.2, 0.25) is 0 Å². The first-order valence-corrected chi connectivity index (χ1v) is 6.08. The van der Waals surface area contributed by atoms with E-state index in [2.05, 4.69) is 9.97 Å². The van der Waals surface area contributed by atoms with E-state index in [1.165, 1.54) is 10.9 Å². The van der Waals surface area contributed by atoms with Crippen molar-refractivity contribution < 1.29 is 4.74 Å². The highest BCUT2D eigenvalue weighted by Crippen LogP contribution is 2.27. The predicted molar refractivity (Wildman–Crippen MR) is 68.4 cm³/mol. The number of aromatic nitrogens is 2. The summed E-state index contributed by atoms with van der Waals surface area (Å²) in [6, 6.07) is 3.50. The quantitative estimate of drug-likeness (QED) is 0.909. The number of hydrogen-bond donors (Lipinski definition) is 1. The molecule has 0 saturated carbocycles. The third-order valence-corrected chi connectivity index (χ3v) is 3.35. The molecule has 0 aliphatic rings. The molecule has 4 nitrogen and oxygen atoms in total. The number of thiophene rings is 1. The van der Waals surface area contributed by atoms with Crippen LogP contribution in [0.15, 0.2) is 16.9 Å². The molecule has 5 heteroatoms. The van der Waals surface area contributed by atoms with Crippen molar-refractivity contribution in [3.63, 3.8) is 0 Å². The Kier molecular flexibility index (Phi) is 3.40. The van der Waals surface area contributed by atoms with Crippen molar-refractivity contribution in [2.24, 2.45) is 0 Å². The highest BCUT2D eigenvalue weighted by molar-refractivity contribution is 7.12. The highest BCUT2D eigenvalue weighted by Gasteiger charge is 2.09. The molecule has 1 N–H and O–H groups in total. The second-order valence-corrected chi connectivity index (χ2v) is 5.31. The van der Waals surface area contributed by atoms with Crippen LogP contribution in [0, 0.1) is 13.8 Å². The molecule has 90 valence electrons. The second kappa shape index (κ2) is 4.81. The van der Waals surface area contributed by atoms with E-state index in [1.807, 2.05) is 19.9 Å². The van der Waals surface area contributed by atoms with Gasteiger partial charge in [0.1, 0.15) is 5.82 Å². The first-order chi connectivity index (χ1) is 8.10. The van der Waals surface area contributed by atoms with Crippen LogP contribution in [-0.2, 0) is 11.3 Å². The Hall–Kier alpha value is -1.46. The molecule has 2 aromatic rings. The molecule has 0 aliphatic heterocycles. The van der Waals surface area contributed by atoms with Gasteiger partial charge in [-0.15, -0.1) is 11.3 Å². The predicted octanol–water partition coefficient (Wildman–Crippen LogP) is 2.26. The molecular weight excluding hydrogens is 236 g/mol. The topological polar surface area (TPSA) is 55.0 Å². The Bertz CT molecular complexity index is 586. The van der Waals surface area contributed by atoms with Crippen LogP contribution in [0.4, 0.5) is 0 Å². The van der Waals surface area contributed by atoms with Crippen LogP contribution in [-0.4, -0.2) is 17.1 Å². The standard InChI is InChI=1S/C12H14N2O2S/c1-7-4-10(8(2)17-7)12-13-9(6-16-3)5-11(15)14-12/h4-5H,6H2,1-3H3,(H,13,14,15). The van der Waals surface area contributed by atoms with Crippen LogP contribution in [0.25, 0.3) is 11.4 Å². The fourth-order valence-corrected chi connectivity index (χ4v) is 2.65. The smallest absolute Gasteiger partial charge is 0.251 e. The molecule has 0 bridgehead atoms. The third kappa shape index (κ3) is 2.62. The molecule has 0 aliphatic carbocycles. The molecule has 0 saturated heterocycles. The van der Waals surface area contributed by atoms with Gasteiger partial charge in [0.2, 0.25) is 0 Å². The molecule has 0 amide bonds. The van der Waals surface area contributed by atoms with Crippen LogP contribution >= 0.6 is 11.3 Å². The van der Waals surface area contributed by atoms with Crippen LogP contribution in [0.5, 0.6) is 0 Å². The van der Waals surface area contributed by atoms with Gasteiger partial charge in [0, 0.05) is 28.5 Å². The fourth-order valence-electron chi connectivity index (χ4n) is 1.72. The van der Waals surface area contributed by atoms with Crippen LogP contribution in [0.1, 0.15) is 15.4 Å². The molecule has 0 fully saturated rings. The van der Waals surface area contributed by atoms with Gasteiger partial charge in [-0.2, -0.15) is 0 Å². The lowest BCUT2D eigenvalue weighted by Gasteiger charge is -2.03. The summed E-state index contributed by atoms with van der Waals surface area (Å²) in [5, 5.41) is 0. The van der Waals surface area contributed by atoms with Crippen molar-refractivity contribution >= 4 is 11.3 Å². The number of methoxy groups -OCH3 is 1. The first-order valence-electron chi connectivity index (χ1n) is 5.26. The summed E-state index contributed by atoms with van der Waals surface area (Å²) < 4.78 is 5.00. The summed E-state index contributed by atoms with van der Waals surface area (Å²) in [5.41, 5.74) is 1.49. The van der Waals surface area contributed by atoms with E-state index in [0.717, 1.165) is 10.4 Å². The molecule has 2 rings (SSSR count). The maximum atomic E-state index is 11.5. The molecule has 0 atom stereocenters. The van der Waals surface area contributed by atoms with E-state index in [-0.39, 0.29) is 5.56 Å². The summed E-state index contributed by atoms with van der Waals surface area (Å²) >= 11 is 1.70. The highest BCUT2D eigenvalue weighted by atomic mass is 32.1. The lowest BCUT2D eigenvalue weighted by molar-refractivity contribution is 0.181. The van der Waals surface area contributed by atoms with Gasteiger partial charge in [-0.05, 0) is 19.9 Å². The van der Waals surface area contributed by atoms with Crippen LogP contribution < -0.4 is 5.56 Å². The second-order valence-electron chi connectivity index (χ2n) is 3.85. The van der Waals surface area contributed by atoms with Gasteiger partial charge in [0.25, 0.3) is 5.56 Å². The van der Waals surface area contributed by atoms with Crippen molar-refractivity contribution in [2.45, 2.75) is 20.5 Å². The molecule has 0 radical (unpaired) electrons. The molecular formula is C12H14N2O2S. The molecule has 2 heterocycles. The maximum absolute atomic E-state index is 11.5. The Labute approximate surface area is 103 Å². The van der Waals surface area contributed by atoms with Gasteiger partial charge in [0.15, 0.2) is 0 Å². The number of aromatic amines is 1. The number of ether oxygens (including phenoxy) is 1. The maximum Gasteiger partial charge on any atom is 0.251 e. The lowest BCUT2D eigenvalue weighted by Crippen LogP contribution is -2.10. The van der Waals surface area contributed by atoms with E-state index >= 15 is 0 Å². The minimum atomic E-state index is -0.148. The van der Waals surface area contributed by atoms with Gasteiger partial charge in [-0.3, -0.25) is 4.79 Å². The average molecular weight is 250 g/mol. The average Bonchev–Trinajstić information content (AvgIpc) is 2.57. The van der Waals surface area contributed by atoms with Crippen molar-refractivity contribution in [2.75, 3.05) is 7.11 Å². The Morgan fingerprint density at radius 3 is 2.76 bits per heavy atom. The minimum absolute atomic E-state index is 0.148. The minimum Gasteiger partial charge on any atom is -0.378 e. The van der Waals surface area contributed by atoms with Crippen LogP contribution in [0.3, 0.4) is 0 Å². The van der Waals surface area contributed by atoms with Gasteiger partial charge in [-0.25, -0.2) is 4.98 Å². The number of rotatable bonds is 3. The summed E-state index contributed by atoms with van der Waals surface area (Å²) in [7, 11) is 1.59.